The van der Waals surface area contributed by atoms with Gasteiger partial charge in [-0.25, -0.2) is 4.98 Å². The van der Waals surface area contributed by atoms with Gasteiger partial charge in [0.25, 0.3) is 5.91 Å². The van der Waals surface area contributed by atoms with Crippen molar-refractivity contribution >= 4 is 24.8 Å². The van der Waals surface area contributed by atoms with Gasteiger partial charge in [-0.2, -0.15) is 0 Å². The highest BCUT2D eigenvalue weighted by atomic mass is 16.1. The van der Waals surface area contributed by atoms with Crippen LogP contribution >= 0.6 is 0 Å². The molecule has 2 radical (unpaired) electrons. The summed E-state index contributed by atoms with van der Waals surface area (Å²) < 4.78 is 0. The first-order valence-corrected chi connectivity index (χ1v) is 4.18. The fourth-order valence-electron chi connectivity index (χ4n) is 1.27. The summed E-state index contributed by atoms with van der Waals surface area (Å²) in [5, 5.41) is 3.05. The fourth-order valence-corrected chi connectivity index (χ4v) is 1.27. The molecular weight excluding hydrogens is 175 g/mol. The summed E-state index contributed by atoms with van der Waals surface area (Å²) in [7, 11) is 5.01. The molecule has 0 atom stereocenters. The normalized spacial score (nSPS) is 10.0. The molecule has 2 rings (SSSR count). The van der Waals surface area contributed by atoms with Gasteiger partial charge >= 0.3 is 0 Å². The largest absolute Gasteiger partial charge is 0.404 e. The highest BCUT2D eigenvalue weighted by Crippen LogP contribution is 2.11. The lowest BCUT2D eigenvalue weighted by Gasteiger charge is -2.00. The van der Waals surface area contributed by atoms with E-state index in [9.17, 15) is 4.79 Å². The Bertz CT molecular complexity index is 484. The van der Waals surface area contributed by atoms with E-state index in [4.69, 9.17) is 7.98 Å². The molecule has 1 aromatic heterocycles. The number of aromatic nitrogens is 1. The van der Waals surface area contributed by atoms with Crippen molar-refractivity contribution in [1.82, 2.24) is 10.2 Å². The molecule has 2 aromatic rings. The number of pyridine rings is 1. The van der Waals surface area contributed by atoms with Crippen LogP contribution in [0.15, 0.2) is 36.4 Å². The molecular formula is C10H7BN2O. The van der Waals surface area contributed by atoms with Crippen molar-refractivity contribution in [2.75, 3.05) is 0 Å². The van der Waals surface area contributed by atoms with E-state index in [0.29, 0.717) is 5.69 Å². The summed E-state index contributed by atoms with van der Waals surface area (Å²) in [6, 6.07) is 11.1. The average molecular weight is 182 g/mol. The molecule has 4 heteroatoms. The smallest absolute Gasteiger partial charge is 0.257 e. The molecule has 1 aromatic carbocycles. The van der Waals surface area contributed by atoms with Crippen LogP contribution in [0.3, 0.4) is 0 Å². The molecule has 0 unspecified atom stereocenters. The maximum atomic E-state index is 11.2. The van der Waals surface area contributed by atoms with Crippen LogP contribution in [0.4, 0.5) is 0 Å². The number of carbonyl (C=O) groups is 1. The second-order valence-electron chi connectivity index (χ2n) is 2.86. The number of benzene rings is 1. The molecule has 66 valence electrons. The van der Waals surface area contributed by atoms with Crippen molar-refractivity contribution < 1.29 is 4.79 Å². The van der Waals surface area contributed by atoms with Crippen LogP contribution < -0.4 is 5.23 Å². The van der Waals surface area contributed by atoms with E-state index >= 15 is 0 Å². The number of amides is 1. The van der Waals surface area contributed by atoms with Gasteiger partial charge in [-0.1, -0.05) is 24.3 Å². The standard InChI is InChI=1S/C10H7BN2O/c11-13-10(14)9-6-5-7-3-1-2-4-8(7)12-9/h1-6H,(H,13,14). The lowest BCUT2D eigenvalue weighted by Crippen LogP contribution is -2.20. The molecule has 0 aliphatic rings. The van der Waals surface area contributed by atoms with Gasteiger partial charge in [-0.05, 0) is 12.1 Å². The van der Waals surface area contributed by atoms with Crippen molar-refractivity contribution in [2.24, 2.45) is 0 Å². The van der Waals surface area contributed by atoms with Crippen LogP contribution in [0.2, 0.25) is 0 Å². The molecule has 3 nitrogen and oxygen atoms in total. The van der Waals surface area contributed by atoms with E-state index in [1.54, 1.807) is 6.07 Å². The van der Waals surface area contributed by atoms with Crippen molar-refractivity contribution in [1.29, 1.82) is 0 Å². The van der Waals surface area contributed by atoms with Gasteiger partial charge in [0.15, 0.2) is 0 Å². The number of fused-ring (bicyclic) bond motifs is 1. The summed E-state index contributed by atoms with van der Waals surface area (Å²) in [4.78, 5) is 15.3. The third-order valence-corrected chi connectivity index (χ3v) is 1.96. The maximum Gasteiger partial charge on any atom is 0.257 e. The molecule has 0 bridgehead atoms. The molecule has 1 N–H and O–H groups in total. The van der Waals surface area contributed by atoms with Crippen molar-refractivity contribution in [2.45, 2.75) is 0 Å². The second-order valence-corrected chi connectivity index (χ2v) is 2.86. The predicted molar refractivity (Wildman–Crippen MR) is 55.0 cm³/mol. The van der Waals surface area contributed by atoms with Crippen LogP contribution in [0.5, 0.6) is 0 Å². The van der Waals surface area contributed by atoms with E-state index in [1.807, 2.05) is 35.6 Å². The lowest BCUT2D eigenvalue weighted by molar-refractivity contribution is 0.0977. The minimum absolute atomic E-state index is 0.325. The molecule has 0 spiro atoms. The fraction of sp³-hybridized carbons (Fsp3) is 0. The van der Waals surface area contributed by atoms with Crippen LogP contribution in [0.25, 0.3) is 10.9 Å². The first kappa shape index (κ1) is 8.75. The Morgan fingerprint density at radius 2 is 2.00 bits per heavy atom. The summed E-state index contributed by atoms with van der Waals surface area (Å²) in [5.74, 6) is -0.379. The zero-order valence-corrected chi connectivity index (χ0v) is 7.40. The maximum absolute atomic E-state index is 11.2. The van der Waals surface area contributed by atoms with Gasteiger partial charge in [0.1, 0.15) is 5.69 Å². The Morgan fingerprint density at radius 1 is 1.21 bits per heavy atom. The number of carbonyl (C=O) groups excluding carboxylic acids is 1. The molecule has 1 heterocycles. The van der Waals surface area contributed by atoms with E-state index in [-0.39, 0.29) is 5.91 Å². The van der Waals surface area contributed by atoms with Crippen molar-refractivity contribution in [3.63, 3.8) is 0 Å². The summed E-state index contributed by atoms with van der Waals surface area (Å²) in [6.07, 6.45) is 0. The molecule has 0 fully saturated rings. The molecule has 0 saturated carbocycles. The van der Waals surface area contributed by atoms with Crippen LogP contribution in [-0.2, 0) is 0 Å². The van der Waals surface area contributed by atoms with E-state index in [0.717, 1.165) is 10.9 Å². The Hall–Kier alpha value is -1.84. The SMILES string of the molecule is [B]NC(=O)c1ccc2ccccc2n1. The number of para-hydroxylation sites is 1. The van der Waals surface area contributed by atoms with Gasteiger partial charge in [0.2, 0.25) is 7.98 Å². The third-order valence-electron chi connectivity index (χ3n) is 1.96. The van der Waals surface area contributed by atoms with Crippen LogP contribution in [0.1, 0.15) is 10.5 Å². The zero-order valence-electron chi connectivity index (χ0n) is 7.40. The van der Waals surface area contributed by atoms with Gasteiger partial charge in [0.05, 0.1) is 5.52 Å². The number of nitrogens with zero attached hydrogens (tertiary/aromatic N) is 1. The number of rotatable bonds is 1. The Balaban J connectivity index is 2.56. The van der Waals surface area contributed by atoms with E-state index in [2.05, 4.69) is 4.98 Å². The van der Waals surface area contributed by atoms with E-state index in [1.165, 1.54) is 0 Å². The van der Waals surface area contributed by atoms with Crippen molar-refractivity contribution in [3.05, 3.63) is 42.1 Å². The van der Waals surface area contributed by atoms with Crippen LogP contribution in [-0.4, -0.2) is 18.9 Å². The average Bonchev–Trinajstić information content (AvgIpc) is 2.27. The Morgan fingerprint density at radius 3 is 2.79 bits per heavy atom. The second kappa shape index (κ2) is 3.50. The number of nitrogens with one attached hydrogen (secondary N) is 1. The van der Waals surface area contributed by atoms with Crippen molar-refractivity contribution in [3.8, 4) is 0 Å². The molecule has 0 aliphatic heterocycles. The molecule has 1 amide bonds. The number of hydrogen-bond acceptors (Lipinski definition) is 2. The Labute approximate surface area is 82.6 Å². The molecule has 0 aliphatic carbocycles. The van der Waals surface area contributed by atoms with Gasteiger partial charge in [-0.15, -0.1) is 0 Å². The molecule has 0 saturated heterocycles. The van der Waals surface area contributed by atoms with Crippen LogP contribution in [0, 0.1) is 0 Å². The first-order valence-electron chi connectivity index (χ1n) is 4.18. The zero-order chi connectivity index (χ0) is 9.97. The predicted octanol–water partition coefficient (Wildman–Crippen LogP) is 1.05. The first-order chi connectivity index (χ1) is 6.81. The lowest BCUT2D eigenvalue weighted by atomic mass is 10.2. The minimum Gasteiger partial charge on any atom is -0.404 e. The van der Waals surface area contributed by atoms with E-state index < -0.39 is 0 Å². The van der Waals surface area contributed by atoms with Gasteiger partial charge in [-0.3, -0.25) is 4.79 Å². The monoisotopic (exact) mass is 182 g/mol. The minimum atomic E-state index is -0.379. The number of hydrogen-bond donors (Lipinski definition) is 1. The summed E-state index contributed by atoms with van der Waals surface area (Å²) in [6.45, 7) is 0. The highest BCUT2D eigenvalue weighted by Gasteiger charge is 2.04. The van der Waals surface area contributed by atoms with Gasteiger partial charge in [0, 0.05) is 5.39 Å². The highest BCUT2D eigenvalue weighted by molar-refractivity contribution is 6.17. The summed E-state index contributed by atoms with van der Waals surface area (Å²) >= 11 is 0. The third kappa shape index (κ3) is 1.46. The summed E-state index contributed by atoms with van der Waals surface area (Å²) in [5.41, 5.74) is 1.11. The van der Waals surface area contributed by atoms with Gasteiger partial charge < -0.3 is 5.23 Å². The quantitative estimate of drug-likeness (QED) is 0.669. The Kier molecular flexibility index (Phi) is 2.19. The molecule has 14 heavy (non-hydrogen) atoms. The topological polar surface area (TPSA) is 42.0 Å².